The number of nitrogens with zero attached hydrogens (tertiary/aromatic N) is 2. The van der Waals surface area contributed by atoms with Crippen molar-refractivity contribution in [3.63, 3.8) is 0 Å². The molecule has 1 aliphatic rings. The Bertz CT molecular complexity index is 727. The Labute approximate surface area is 165 Å². The molecule has 1 unspecified atom stereocenters. The van der Waals surface area contributed by atoms with E-state index in [0.717, 1.165) is 24.0 Å². The van der Waals surface area contributed by atoms with Gasteiger partial charge in [0, 0.05) is 42.9 Å². The van der Waals surface area contributed by atoms with Crippen molar-refractivity contribution in [3.8, 4) is 0 Å². The van der Waals surface area contributed by atoms with E-state index < -0.39 is 14.6 Å². The van der Waals surface area contributed by atoms with Crippen LogP contribution in [0.15, 0.2) is 33.7 Å². The van der Waals surface area contributed by atoms with Crippen molar-refractivity contribution in [1.29, 1.82) is 0 Å². The lowest BCUT2D eigenvalue weighted by atomic mass is 10.3. The molecule has 0 saturated carbocycles. The van der Waals surface area contributed by atoms with E-state index in [1.165, 1.54) is 5.69 Å². The molecule has 1 aliphatic heterocycles. The van der Waals surface area contributed by atoms with Crippen LogP contribution >= 0.6 is 15.9 Å². The van der Waals surface area contributed by atoms with Crippen molar-refractivity contribution in [2.75, 3.05) is 37.3 Å². The molecule has 0 bridgehead atoms. The maximum absolute atomic E-state index is 12.2. The first-order chi connectivity index (χ1) is 12.1. The highest BCUT2D eigenvalue weighted by Crippen LogP contribution is 2.22. The van der Waals surface area contributed by atoms with Crippen LogP contribution < -0.4 is 15.5 Å². The zero-order valence-corrected chi connectivity index (χ0v) is 18.3. The number of aliphatic imine (C=N–C) groups is 1. The highest BCUT2D eigenvalue weighted by molar-refractivity contribution is 9.10. The van der Waals surface area contributed by atoms with Gasteiger partial charge in [-0.15, -0.1) is 0 Å². The molecule has 1 atom stereocenters. The van der Waals surface area contributed by atoms with Gasteiger partial charge in [-0.25, -0.2) is 8.42 Å². The molecule has 0 amide bonds. The minimum Gasteiger partial charge on any atom is -0.369 e. The number of nitrogens with one attached hydrogen (secondary N) is 2. The molecule has 0 spiro atoms. The SMILES string of the molecule is CN=C(NCCS(=O)(=O)C(C)(C)C)NC1CCN(c2ccc(Br)cc2)C1. The van der Waals surface area contributed by atoms with Crippen LogP contribution in [0.25, 0.3) is 0 Å². The lowest BCUT2D eigenvalue weighted by molar-refractivity contribution is 0.558. The second-order valence-corrected chi connectivity index (χ2v) is 11.3. The summed E-state index contributed by atoms with van der Waals surface area (Å²) in [5.41, 5.74) is 1.21. The maximum Gasteiger partial charge on any atom is 0.191 e. The molecule has 0 radical (unpaired) electrons. The van der Waals surface area contributed by atoms with Crippen molar-refractivity contribution in [2.24, 2.45) is 4.99 Å². The van der Waals surface area contributed by atoms with E-state index in [2.05, 4.69) is 48.6 Å². The third kappa shape index (κ3) is 5.61. The number of hydrogen-bond donors (Lipinski definition) is 2. The summed E-state index contributed by atoms with van der Waals surface area (Å²) in [4.78, 5) is 6.55. The number of rotatable bonds is 5. The van der Waals surface area contributed by atoms with Crippen LogP contribution in [-0.2, 0) is 9.84 Å². The van der Waals surface area contributed by atoms with Gasteiger partial charge in [0.2, 0.25) is 0 Å². The number of sulfone groups is 1. The Balaban J connectivity index is 1.83. The molecule has 146 valence electrons. The summed E-state index contributed by atoms with van der Waals surface area (Å²) < 4.78 is 24.7. The van der Waals surface area contributed by atoms with E-state index in [4.69, 9.17) is 0 Å². The van der Waals surface area contributed by atoms with E-state index in [-0.39, 0.29) is 11.8 Å². The fourth-order valence-corrected chi connectivity index (χ4v) is 4.01. The van der Waals surface area contributed by atoms with Gasteiger partial charge in [-0.3, -0.25) is 4.99 Å². The Morgan fingerprint density at radius 1 is 1.31 bits per heavy atom. The summed E-state index contributed by atoms with van der Waals surface area (Å²) in [7, 11) is -1.43. The first-order valence-corrected chi connectivity index (χ1v) is 11.3. The molecule has 0 aromatic heterocycles. The monoisotopic (exact) mass is 444 g/mol. The van der Waals surface area contributed by atoms with Crippen LogP contribution in [0.3, 0.4) is 0 Å². The van der Waals surface area contributed by atoms with Crippen molar-refractivity contribution in [3.05, 3.63) is 28.7 Å². The summed E-state index contributed by atoms with van der Waals surface area (Å²) in [6.07, 6.45) is 1.01. The van der Waals surface area contributed by atoms with Crippen molar-refractivity contribution >= 4 is 37.4 Å². The number of guanidine groups is 1. The second-order valence-electron chi connectivity index (χ2n) is 7.48. The average molecular weight is 445 g/mol. The normalized spacial score (nSPS) is 18.9. The topological polar surface area (TPSA) is 73.8 Å². The Morgan fingerprint density at radius 3 is 2.54 bits per heavy atom. The Morgan fingerprint density at radius 2 is 1.96 bits per heavy atom. The highest BCUT2D eigenvalue weighted by atomic mass is 79.9. The lowest BCUT2D eigenvalue weighted by Crippen LogP contribution is -2.46. The molecule has 1 aromatic carbocycles. The number of anilines is 1. The van der Waals surface area contributed by atoms with Gasteiger partial charge in [0.15, 0.2) is 15.8 Å². The highest BCUT2D eigenvalue weighted by Gasteiger charge is 2.28. The minimum absolute atomic E-state index is 0.0902. The summed E-state index contributed by atoms with van der Waals surface area (Å²) in [6, 6.07) is 8.59. The van der Waals surface area contributed by atoms with Crippen LogP contribution in [0.5, 0.6) is 0 Å². The smallest absolute Gasteiger partial charge is 0.191 e. The van der Waals surface area contributed by atoms with Gasteiger partial charge in [-0.05, 0) is 51.5 Å². The van der Waals surface area contributed by atoms with Gasteiger partial charge in [0.25, 0.3) is 0 Å². The first kappa shape index (κ1) is 21.0. The predicted octanol–water partition coefficient (Wildman–Crippen LogP) is 2.41. The molecule has 2 N–H and O–H groups in total. The molecule has 1 aromatic rings. The van der Waals surface area contributed by atoms with Crippen LogP contribution in [-0.4, -0.2) is 57.6 Å². The third-order valence-electron chi connectivity index (χ3n) is 4.54. The fraction of sp³-hybridized carbons (Fsp3) is 0.611. The largest absolute Gasteiger partial charge is 0.369 e. The van der Waals surface area contributed by atoms with Crippen LogP contribution in [0.2, 0.25) is 0 Å². The molecule has 0 aliphatic carbocycles. The van der Waals surface area contributed by atoms with E-state index in [1.54, 1.807) is 27.8 Å². The van der Waals surface area contributed by atoms with Gasteiger partial charge in [-0.1, -0.05) is 15.9 Å². The zero-order chi connectivity index (χ0) is 19.4. The molecular weight excluding hydrogens is 416 g/mol. The molecule has 2 rings (SSSR count). The van der Waals surface area contributed by atoms with Crippen LogP contribution in [0.1, 0.15) is 27.2 Å². The van der Waals surface area contributed by atoms with Gasteiger partial charge in [-0.2, -0.15) is 0 Å². The first-order valence-electron chi connectivity index (χ1n) is 8.82. The zero-order valence-electron chi connectivity index (χ0n) is 15.9. The number of benzene rings is 1. The van der Waals surface area contributed by atoms with Crippen molar-refractivity contribution < 1.29 is 8.42 Å². The molecule has 8 heteroatoms. The van der Waals surface area contributed by atoms with Crippen molar-refractivity contribution in [2.45, 2.75) is 38.0 Å². The number of halogens is 1. The molecular formula is C18H29BrN4O2S. The summed E-state index contributed by atoms with van der Waals surface area (Å²) in [5, 5.41) is 6.52. The average Bonchev–Trinajstić information content (AvgIpc) is 3.02. The molecule has 26 heavy (non-hydrogen) atoms. The van der Waals surface area contributed by atoms with E-state index >= 15 is 0 Å². The molecule has 1 saturated heterocycles. The molecule has 1 heterocycles. The molecule has 6 nitrogen and oxygen atoms in total. The lowest BCUT2D eigenvalue weighted by Gasteiger charge is -2.22. The molecule has 1 fully saturated rings. The summed E-state index contributed by atoms with van der Waals surface area (Å²) >= 11 is 3.46. The fourth-order valence-electron chi connectivity index (χ4n) is 2.76. The quantitative estimate of drug-likeness (QED) is 0.538. The van der Waals surface area contributed by atoms with E-state index in [9.17, 15) is 8.42 Å². The predicted molar refractivity (Wildman–Crippen MR) is 113 cm³/mol. The summed E-state index contributed by atoms with van der Waals surface area (Å²) in [5.74, 6) is 0.740. The minimum atomic E-state index is -3.13. The van der Waals surface area contributed by atoms with Crippen molar-refractivity contribution in [1.82, 2.24) is 10.6 Å². The maximum atomic E-state index is 12.2. The standard InChI is InChI=1S/C18H29BrN4O2S/c1-18(2,3)26(24,25)12-10-21-17(20-4)22-15-9-11-23(13-15)16-7-5-14(19)6-8-16/h5-8,15H,9-13H2,1-4H3,(H2,20,21,22). The van der Waals surface area contributed by atoms with Crippen LogP contribution in [0, 0.1) is 0 Å². The van der Waals surface area contributed by atoms with E-state index in [0.29, 0.717) is 12.5 Å². The Hall–Kier alpha value is -1.28. The van der Waals surface area contributed by atoms with Gasteiger partial charge in [0.1, 0.15) is 0 Å². The third-order valence-corrected chi connectivity index (χ3v) is 7.68. The van der Waals surface area contributed by atoms with Gasteiger partial charge >= 0.3 is 0 Å². The number of hydrogen-bond acceptors (Lipinski definition) is 4. The van der Waals surface area contributed by atoms with Gasteiger partial charge in [0.05, 0.1) is 10.5 Å². The summed E-state index contributed by atoms with van der Waals surface area (Å²) in [6.45, 7) is 7.40. The van der Waals surface area contributed by atoms with Crippen LogP contribution in [0.4, 0.5) is 5.69 Å². The Kier molecular flexibility index (Phi) is 6.96. The van der Waals surface area contributed by atoms with E-state index in [1.807, 2.05) is 12.1 Å². The van der Waals surface area contributed by atoms with Gasteiger partial charge < -0.3 is 15.5 Å². The second kappa shape index (κ2) is 8.61.